The van der Waals surface area contributed by atoms with Crippen molar-refractivity contribution in [3.05, 3.63) is 54.0 Å². The van der Waals surface area contributed by atoms with E-state index in [-0.39, 0.29) is 19.6 Å². The molecular formula is C20H21F2N5O2. The Morgan fingerprint density at radius 1 is 1.38 bits per heavy atom. The minimum absolute atomic E-state index is 0.289. The number of benzene rings is 1. The Bertz CT molecular complexity index is 1020. The van der Waals surface area contributed by atoms with E-state index >= 15 is 0 Å². The Morgan fingerprint density at radius 2 is 2.24 bits per heavy atom. The molecule has 4 rings (SSSR count). The Labute approximate surface area is 166 Å². The minimum atomic E-state index is -2.84. The molecule has 9 heteroatoms. The Morgan fingerprint density at radius 3 is 3.00 bits per heavy atom. The molecule has 0 spiro atoms. The summed E-state index contributed by atoms with van der Waals surface area (Å²) in [6.45, 7) is 0.220. The van der Waals surface area contributed by atoms with Gasteiger partial charge < -0.3 is 15.4 Å². The number of halogens is 2. The molecule has 3 aromatic rings. The molecule has 1 saturated heterocycles. The van der Waals surface area contributed by atoms with Crippen LogP contribution >= 0.6 is 0 Å². The second-order valence-corrected chi connectivity index (χ2v) is 7.12. The maximum absolute atomic E-state index is 13.6. The van der Waals surface area contributed by atoms with Crippen LogP contribution in [0, 0.1) is 0 Å². The van der Waals surface area contributed by atoms with E-state index in [4.69, 9.17) is 4.74 Å². The van der Waals surface area contributed by atoms with Crippen molar-refractivity contribution < 1.29 is 18.3 Å². The normalized spacial score (nSPS) is 18.5. The highest BCUT2D eigenvalue weighted by Crippen LogP contribution is 2.26. The lowest BCUT2D eigenvalue weighted by Gasteiger charge is -2.30. The van der Waals surface area contributed by atoms with Crippen LogP contribution in [0.2, 0.25) is 0 Å². The SMILES string of the molecule is Cn1nc2ccc(OCc3ccccn3)cc2c1C(=O)NC1CNCC(F)(F)C1. The molecule has 1 aliphatic rings. The number of rotatable bonds is 5. The monoisotopic (exact) mass is 401 g/mol. The Balaban J connectivity index is 1.53. The number of aryl methyl sites for hydroxylation is 1. The third-order valence-electron chi connectivity index (χ3n) is 4.79. The third-order valence-corrected chi connectivity index (χ3v) is 4.79. The highest BCUT2D eigenvalue weighted by Gasteiger charge is 2.37. The van der Waals surface area contributed by atoms with E-state index < -0.39 is 17.9 Å². The van der Waals surface area contributed by atoms with Gasteiger partial charge in [0.15, 0.2) is 0 Å². The third kappa shape index (κ3) is 4.34. The quantitative estimate of drug-likeness (QED) is 0.686. The van der Waals surface area contributed by atoms with Crippen molar-refractivity contribution in [2.75, 3.05) is 13.1 Å². The number of carbonyl (C=O) groups excluding carboxylic acids is 1. The summed E-state index contributed by atoms with van der Waals surface area (Å²) in [5.74, 6) is -2.71. The van der Waals surface area contributed by atoms with Gasteiger partial charge in [0.05, 0.1) is 17.8 Å². The number of amides is 1. The van der Waals surface area contributed by atoms with Crippen molar-refractivity contribution >= 4 is 16.8 Å². The van der Waals surface area contributed by atoms with Crippen molar-refractivity contribution in [2.24, 2.45) is 7.05 Å². The lowest BCUT2D eigenvalue weighted by molar-refractivity contribution is -0.0301. The van der Waals surface area contributed by atoms with E-state index in [1.165, 1.54) is 4.68 Å². The molecule has 1 amide bonds. The Hall–Kier alpha value is -3.07. The standard InChI is InChI=1S/C20H21F2N5O2/c1-27-18(19(28)25-14-9-20(21,22)12-23-10-14)16-8-15(5-6-17(16)26-27)29-11-13-4-2-3-7-24-13/h2-8,14,23H,9-12H2,1H3,(H,25,28). The van der Waals surface area contributed by atoms with Gasteiger partial charge in [-0.15, -0.1) is 0 Å². The number of fused-ring (bicyclic) bond motifs is 1. The smallest absolute Gasteiger partial charge is 0.270 e. The number of carbonyl (C=O) groups is 1. The molecule has 1 unspecified atom stereocenters. The largest absolute Gasteiger partial charge is 0.487 e. The highest BCUT2D eigenvalue weighted by molar-refractivity contribution is 6.05. The van der Waals surface area contributed by atoms with Gasteiger partial charge in [-0.3, -0.25) is 14.5 Å². The second kappa shape index (κ2) is 7.75. The minimum Gasteiger partial charge on any atom is -0.487 e. The van der Waals surface area contributed by atoms with E-state index in [0.717, 1.165) is 5.69 Å². The van der Waals surface area contributed by atoms with Crippen LogP contribution in [0.5, 0.6) is 5.75 Å². The number of ether oxygens (including phenoxy) is 1. The number of hydrogen-bond acceptors (Lipinski definition) is 5. The van der Waals surface area contributed by atoms with Gasteiger partial charge in [0.2, 0.25) is 0 Å². The maximum Gasteiger partial charge on any atom is 0.270 e. The topological polar surface area (TPSA) is 81.1 Å². The number of nitrogens with one attached hydrogen (secondary N) is 2. The average Bonchev–Trinajstić information content (AvgIpc) is 3.01. The van der Waals surface area contributed by atoms with Crippen molar-refractivity contribution in [1.82, 2.24) is 25.4 Å². The first-order valence-corrected chi connectivity index (χ1v) is 9.30. The van der Waals surface area contributed by atoms with Crippen LogP contribution in [0.15, 0.2) is 42.6 Å². The number of hydrogen-bond donors (Lipinski definition) is 2. The van der Waals surface area contributed by atoms with Crippen molar-refractivity contribution in [1.29, 1.82) is 0 Å². The zero-order valence-corrected chi connectivity index (χ0v) is 15.9. The summed E-state index contributed by atoms with van der Waals surface area (Å²) in [5, 5.41) is 10.3. The predicted molar refractivity (Wildman–Crippen MR) is 103 cm³/mol. The highest BCUT2D eigenvalue weighted by atomic mass is 19.3. The zero-order chi connectivity index (χ0) is 20.4. The van der Waals surface area contributed by atoms with Crippen LogP contribution in [0.25, 0.3) is 10.9 Å². The van der Waals surface area contributed by atoms with Gasteiger partial charge in [-0.25, -0.2) is 8.78 Å². The fraction of sp³-hybridized carbons (Fsp3) is 0.350. The number of piperidine rings is 1. The second-order valence-electron chi connectivity index (χ2n) is 7.12. The summed E-state index contributed by atoms with van der Waals surface area (Å²) in [7, 11) is 1.65. The summed E-state index contributed by atoms with van der Waals surface area (Å²) in [6, 6.07) is 10.2. The molecule has 0 radical (unpaired) electrons. The molecule has 1 aromatic carbocycles. The fourth-order valence-electron chi connectivity index (χ4n) is 3.47. The summed E-state index contributed by atoms with van der Waals surface area (Å²) >= 11 is 0. The summed E-state index contributed by atoms with van der Waals surface area (Å²) in [6.07, 6.45) is 1.30. The first-order chi connectivity index (χ1) is 13.9. The summed E-state index contributed by atoms with van der Waals surface area (Å²) < 4.78 is 34.4. The molecule has 0 saturated carbocycles. The van der Waals surface area contributed by atoms with Crippen molar-refractivity contribution in [2.45, 2.75) is 25.0 Å². The molecular weight excluding hydrogens is 380 g/mol. The van der Waals surface area contributed by atoms with Gasteiger partial charge in [0.1, 0.15) is 18.1 Å². The number of alkyl halides is 2. The predicted octanol–water partition coefficient (Wildman–Crippen LogP) is 2.27. The molecule has 1 fully saturated rings. The zero-order valence-electron chi connectivity index (χ0n) is 15.9. The van der Waals surface area contributed by atoms with E-state index in [1.54, 1.807) is 31.4 Å². The molecule has 29 heavy (non-hydrogen) atoms. The molecule has 2 N–H and O–H groups in total. The molecule has 1 atom stereocenters. The lowest BCUT2D eigenvalue weighted by Crippen LogP contribution is -2.53. The van der Waals surface area contributed by atoms with Gasteiger partial charge in [-0.1, -0.05) is 6.07 Å². The van der Waals surface area contributed by atoms with E-state index in [2.05, 4.69) is 20.7 Å². The first-order valence-electron chi connectivity index (χ1n) is 9.30. The van der Waals surface area contributed by atoms with Gasteiger partial charge in [-0.2, -0.15) is 5.10 Å². The van der Waals surface area contributed by atoms with Crippen LogP contribution in [-0.2, 0) is 13.7 Å². The fourth-order valence-corrected chi connectivity index (χ4v) is 3.47. The van der Waals surface area contributed by atoms with E-state index in [0.29, 0.717) is 28.9 Å². The van der Waals surface area contributed by atoms with Gasteiger partial charge >= 0.3 is 0 Å². The number of pyridine rings is 1. The molecule has 0 aliphatic carbocycles. The first kappa shape index (κ1) is 19.3. The van der Waals surface area contributed by atoms with Gasteiger partial charge in [0, 0.05) is 37.6 Å². The van der Waals surface area contributed by atoms with E-state index in [1.807, 2.05) is 18.2 Å². The summed E-state index contributed by atoms with van der Waals surface area (Å²) in [4.78, 5) is 17.0. The molecule has 7 nitrogen and oxygen atoms in total. The van der Waals surface area contributed by atoms with E-state index in [9.17, 15) is 13.6 Å². The average molecular weight is 401 g/mol. The van der Waals surface area contributed by atoms with Crippen molar-refractivity contribution in [3.63, 3.8) is 0 Å². The van der Waals surface area contributed by atoms with Crippen LogP contribution in [0.4, 0.5) is 8.78 Å². The Kier molecular flexibility index (Phi) is 5.14. The number of aromatic nitrogens is 3. The molecule has 2 aromatic heterocycles. The van der Waals surface area contributed by atoms with Crippen LogP contribution < -0.4 is 15.4 Å². The molecule has 0 bridgehead atoms. The lowest BCUT2D eigenvalue weighted by atomic mass is 10.0. The van der Waals surface area contributed by atoms with Crippen molar-refractivity contribution in [3.8, 4) is 5.75 Å². The van der Waals surface area contributed by atoms with Crippen LogP contribution in [-0.4, -0.2) is 45.7 Å². The van der Waals surface area contributed by atoms with Gasteiger partial charge in [-0.05, 0) is 30.3 Å². The molecule has 152 valence electrons. The van der Waals surface area contributed by atoms with Gasteiger partial charge in [0.25, 0.3) is 11.8 Å². The molecule has 3 heterocycles. The maximum atomic E-state index is 13.6. The molecule has 1 aliphatic heterocycles. The van der Waals surface area contributed by atoms with Crippen LogP contribution in [0.3, 0.4) is 0 Å². The van der Waals surface area contributed by atoms with Crippen LogP contribution in [0.1, 0.15) is 22.6 Å². The number of nitrogens with zero attached hydrogens (tertiary/aromatic N) is 3. The summed E-state index contributed by atoms with van der Waals surface area (Å²) in [5.41, 5.74) is 1.70.